The van der Waals surface area contributed by atoms with Gasteiger partial charge in [-0.05, 0) is 19.4 Å². The van der Waals surface area contributed by atoms with E-state index in [-0.39, 0.29) is 35.0 Å². The van der Waals surface area contributed by atoms with Crippen molar-refractivity contribution in [3.8, 4) is 0 Å². The molecule has 3 N–H and O–H groups in total. The topological polar surface area (TPSA) is 78.4 Å². The molecule has 156 valence electrons. The first-order valence-corrected chi connectivity index (χ1v) is 10.2. The Hall–Kier alpha value is -3.18. The second kappa shape index (κ2) is 9.09. The van der Waals surface area contributed by atoms with Crippen LogP contribution in [0.15, 0.2) is 84.3 Å². The maximum atomic E-state index is 13.8. The second-order valence-corrected chi connectivity index (χ2v) is 7.99. The fourth-order valence-corrected chi connectivity index (χ4v) is 3.96. The van der Waals surface area contributed by atoms with Crippen LogP contribution in [0.1, 0.15) is 47.9 Å². The molecule has 0 fully saturated rings. The summed E-state index contributed by atoms with van der Waals surface area (Å²) < 4.78 is 0. The van der Waals surface area contributed by atoms with Crippen LogP contribution < -0.4 is 10.6 Å². The third kappa shape index (κ3) is 4.52. The number of carbonyl (C=O) groups is 2. The molecule has 2 atom stereocenters. The van der Waals surface area contributed by atoms with Crippen LogP contribution in [0.25, 0.3) is 0 Å². The minimum atomic E-state index is -1.30. The van der Waals surface area contributed by atoms with E-state index in [4.69, 9.17) is 0 Å². The molecule has 1 heterocycles. The summed E-state index contributed by atoms with van der Waals surface area (Å²) in [6, 6.07) is 17.9. The first-order valence-electron chi connectivity index (χ1n) is 10.2. The van der Waals surface area contributed by atoms with Gasteiger partial charge in [0, 0.05) is 35.0 Å². The van der Waals surface area contributed by atoms with Crippen LogP contribution in [-0.4, -0.2) is 34.3 Å². The van der Waals surface area contributed by atoms with Gasteiger partial charge in [-0.1, -0.05) is 74.5 Å². The zero-order valence-corrected chi connectivity index (χ0v) is 17.6. The van der Waals surface area contributed by atoms with Crippen molar-refractivity contribution in [2.75, 3.05) is 0 Å². The highest BCUT2D eigenvalue weighted by atomic mass is 16.3. The monoisotopic (exact) mass is 404 g/mol. The maximum Gasteiger partial charge on any atom is 0.192 e. The van der Waals surface area contributed by atoms with Gasteiger partial charge in [0.1, 0.15) is 11.3 Å². The Balaban J connectivity index is 2.12. The molecule has 5 heteroatoms. The molecular formula is C25H28N2O3. The van der Waals surface area contributed by atoms with E-state index in [1.165, 1.54) is 12.3 Å². The molecule has 1 aliphatic heterocycles. The van der Waals surface area contributed by atoms with Crippen molar-refractivity contribution in [1.82, 2.24) is 10.6 Å². The lowest BCUT2D eigenvalue weighted by molar-refractivity contribution is 0.0838. The van der Waals surface area contributed by atoms with Crippen molar-refractivity contribution < 1.29 is 14.7 Å². The van der Waals surface area contributed by atoms with E-state index >= 15 is 0 Å². The zero-order valence-electron chi connectivity index (χ0n) is 17.6. The Bertz CT molecular complexity index is 964. The number of benzene rings is 2. The number of carbonyl (C=O) groups excluding carboxylic acids is 2. The molecule has 0 spiro atoms. The average molecular weight is 405 g/mol. The number of Topliss-reactive ketones (excluding diaryl/α,β-unsaturated/α-hetero) is 2. The summed E-state index contributed by atoms with van der Waals surface area (Å²) in [4.78, 5) is 27.3. The van der Waals surface area contributed by atoms with Crippen molar-refractivity contribution in [2.45, 2.75) is 44.8 Å². The first kappa shape index (κ1) is 21.5. The van der Waals surface area contributed by atoms with Crippen molar-refractivity contribution >= 4 is 11.6 Å². The van der Waals surface area contributed by atoms with Gasteiger partial charge < -0.3 is 15.7 Å². The highest BCUT2D eigenvalue weighted by molar-refractivity contribution is 6.18. The van der Waals surface area contributed by atoms with E-state index < -0.39 is 5.54 Å². The molecule has 0 aliphatic carbocycles. The number of dihydropyridines is 1. The van der Waals surface area contributed by atoms with E-state index in [0.29, 0.717) is 17.5 Å². The molecule has 2 aromatic rings. The maximum absolute atomic E-state index is 13.8. The van der Waals surface area contributed by atoms with E-state index in [1.807, 2.05) is 32.9 Å². The first-order chi connectivity index (χ1) is 14.3. The Morgan fingerprint density at radius 3 is 2.10 bits per heavy atom. The Morgan fingerprint density at radius 1 is 0.967 bits per heavy atom. The SMILES string of the molecule is CC(C)NC(C)CC1(C(=O)c2ccccc2)NC=C(O)C=C1C(=O)c1ccccc1. The number of rotatable bonds is 8. The van der Waals surface area contributed by atoms with Crippen LogP contribution in [0.4, 0.5) is 0 Å². The van der Waals surface area contributed by atoms with Crippen molar-refractivity contribution in [3.05, 3.63) is 95.4 Å². The molecule has 0 radical (unpaired) electrons. The van der Waals surface area contributed by atoms with E-state index in [1.54, 1.807) is 48.5 Å². The van der Waals surface area contributed by atoms with Gasteiger partial charge in [0.05, 0.1) is 0 Å². The summed E-state index contributed by atoms with van der Waals surface area (Å²) in [7, 11) is 0. The van der Waals surface area contributed by atoms with Crippen molar-refractivity contribution in [1.29, 1.82) is 0 Å². The number of hydrogen-bond donors (Lipinski definition) is 3. The largest absolute Gasteiger partial charge is 0.506 e. The quantitative estimate of drug-likeness (QED) is 0.575. The molecule has 3 rings (SSSR count). The molecule has 5 nitrogen and oxygen atoms in total. The lowest BCUT2D eigenvalue weighted by atomic mass is 9.73. The summed E-state index contributed by atoms with van der Waals surface area (Å²) in [6.45, 7) is 6.06. The number of hydrogen-bond acceptors (Lipinski definition) is 5. The molecule has 0 amide bonds. The number of aliphatic hydroxyl groups excluding tert-OH is 1. The Labute approximate surface area is 177 Å². The van der Waals surface area contributed by atoms with Gasteiger partial charge in [0.25, 0.3) is 0 Å². The molecule has 2 aromatic carbocycles. The summed E-state index contributed by atoms with van der Waals surface area (Å²) in [5.74, 6) is -0.584. The van der Waals surface area contributed by atoms with Crippen LogP contribution in [0.2, 0.25) is 0 Å². The van der Waals surface area contributed by atoms with E-state index in [0.717, 1.165) is 0 Å². The average Bonchev–Trinajstić information content (AvgIpc) is 2.74. The highest BCUT2D eigenvalue weighted by Crippen LogP contribution is 2.33. The van der Waals surface area contributed by atoms with Gasteiger partial charge in [-0.15, -0.1) is 0 Å². The third-order valence-electron chi connectivity index (χ3n) is 5.15. The lowest BCUT2D eigenvalue weighted by Gasteiger charge is -2.39. The molecule has 30 heavy (non-hydrogen) atoms. The minimum absolute atomic E-state index is 0.0641. The van der Waals surface area contributed by atoms with Gasteiger partial charge in [0.15, 0.2) is 11.6 Å². The molecule has 0 aromatic heterocycles. The standard InChI is InChI=1S/C25H28N2O3/c1-17(2)27-18(3)15-25(24(30)20-12-8-5-9-13-20)22(14-21(28)16-26-25)23(29)19-10-6-4-7-11-19/h4-14,16-18,26-28H,15H2,1-3H3. The van der Waals surface area contributed by atoms with E-state index in [9.17, 15) is 14.7 Å². The van der Waals surface area contributed by atoms with Gasteiger partial charge in [-0.3, -0.25) is 9.59 Å². The minimum Gasteiger partial charge on any atom is -0.506 e. The van der Waals surface area contributed by atoms with Crippen LogP contribution in [-0.2, 0) is 0 Å². The molecule has 1 aliphatic rings. The van der Waals surface area contributed by atoms with Crippen LogP contribution in [0, 0.1) is 0 Å². The van der Waals surface area contributed by atoms with Crippen molar-refractivity contribution in [2.24, 2.45) is 0 Å². The fraction of sp³-hybridized carbons (Fsp3) is 0.280. The Morgan fingerprint density at radius 2 is 1.53 bits per heavy atom. The van der Waals surface area contributed by atoms with Gasteiger partial charge >= 0.3 is 0 Å². The normalized spacial score (nSPS) is 19.5. The van der Waals surface area contributed by atoms with E-state index in [2.05, 4.69) is 10.6 Å². The van der Waals surface area contributed by atoms with Gasteiger partial charge in [-0.2, -0.15) is 0 Å². The predicted octanol–water partition coefficient (Wildman–Crippen LogP) is 4.20. The van der Waals surface area contributed by atoms with Gasteiger partial charge in [-0.25, -0.2) is 0 Å². The molecule has 0 saturated carbocycles. The highest BCUT2D eigenvalue weighted by Gasteiger charge is 2.47. The van der Waals surface area contributed by atoms with Gasteiger partial charge in [0.2, 0.25) is 0 Å². The Kier molecular flexibility index (Phi) is 6.53. The molecule has 0 saturated heterocycles. The summed E-state index contributed by atoms with van der Waals surface area (Å²) in [5, 5.41) is 16.7. The smallest absolute Gasteiger partial charge is 0.192 e. The zero-order chi connectivity index (χ0) is 21.7. The second-order valence-electron chi connectivity index (χ2n) is 7.99. The van der Waals surface area contributed by atoms with Crippen LogP contribution >= 0.6 is 0 Å². The molecule has 0 bridgehead atoms. The summed E-state index contributed by atoms with van der Waals surface area (Å²) in [6.07, 6.45) is 3.15. The number of aliphatic hydroxyl groups is 1. The third-order valence-corrected chi connectivity index (χ3v) is 5.15. The molecular weight excluding hydrogens is 376 g/mol. The molecule has 2 unspecified atom stereocenters. The fourth-order valence-electron chi connectivity index (χ4n) is 3.96. The summed E-state index contributed by atoms with van der Waals surface area (Å²) >= 11 is 0. The number of ketones is 2. The number of allylic oxidation sites excluding steroid dienone is 1. The summed E-state index contributed by atoms with van der Waals surface area (Å²) in [5.41, 5.74) is -0.0971. The predicted molar refractivity (Wildman–Crippen MR) is 119 cm³/mol. The van der Waals surface area contributed by atoms with Crippen LogP contribution in [0.3, 0.4) is 0 Å². The van der Waals surface area contributed by atoms with Crippen molar-refractivity contribution in [3.63, 3.8) is 0 Å². The lowest BCUT2D eigenvalue weighted by Crippen LogP contribution is -2.58. The number of nitrogens with one attached hydrogen (secondary N) is 2. The van der Waals surface area contributed by atoms with Crippen LogP contribution in [0.5, 0.6) is 0 Å².